The smallest absolute Gasteiger partial charge is 0.271 e. The first-order valence-electron chi connectivity index (χ1n) is 9.07. The van der Waals surface area contributed by atoms with Crippen LogP contribution in [0, 0.1) is 18.3 Å². The summed E-state index contributed by atoms with van der Waals surface area (Å²) in [6.07, 6.45) is 1.52. The van der Waals surface area contributed by atoms with Crippen molar-refractivity contribution in [2.75, 3.05) is 25.7 Å². The van der Waals surface area contributed by atoms with E-state index in [9.17, 15) is 23.6 Å². The average Bonchev–Trinajstić information content (AvgIpc) is 3.07. The summed E-state index contributed by atoms with van der Waals surface area (Å²) in [7, 11) is -0.306. The number of aromatic nitrogens is 1. The van der Waals surface area contributed by atoms with Crippen LogP contribution in [0.15, 0.2) is 28.0 Å². The zero-order valence-electron chi connectivity index (χ0n) is 16.7. The normalized spacial score (nSPS) is 17.7. The third-order valence-electron chi connectivity index (χ3n) is 5.09. The standard InChI is InChI=1S/C20H21N3O6S/c1-12-15(9-21)19(24)23(13-6-7-30(26,27)11-13)20(25)16(12)10-22-17-5-4-14(28-2)8-18(17)29-3/h4-5,8,10,13,25H,6-7,11H2,1-3H3. The zero-order chi connectivity index (χ0) is 22.1. The number of methoxy groups -OCH3 is 2. The first-order chi connectivity index (χ1) is 14.2. The number of aliphatic imine (C=N–C) groups is 1. The van der Waals surface area contributed by atoms with Crippen molar-refractivity contribution in [3.05, 3.63) is 45.2 Å². The van der Waals surface area contributed by atoms with Crippen LogP contribution in [-0.4, -0.2) is 50.0 Å². The Kier molecular flexibility index (Phi) is 5.85. The third-order valence-corrected chi connectivity index (χ3v) is 6.84. The van der Waals surface area contributed by atoms with E-state index in [1.165, 1.54) is 27.4 Å². The monoisotopic (exact) mass is 431 g/mol. The second-order valence-electron chi connectivity index (χ2n) is 6.88. The van der Waals surface area contributed by atoms with Crippen molar-refractivity contribution in [1.29, 1.82) is 5.26 Å². The maximum Gasteiger partial charge on any atom is 0.271 e. The Morgan fingerprint density at radius 2 is 2.07 bits per heavy atom. The average molecular weight is 431 g/mol. The minimum atomic E-state index is -3.31. The minimum absolute atomic E-state index is 0.0776. The number of sulfone groups is 1. The van der Waals surface area contributed by atoms with E-state index in [-0.39, 0.29) is 34.6 Å². The van der Waals surface area contributed by atoms with Crippen molar-refractivity contribution in [3.63, 3.8) is 0 Å². The van der Waals surface area contributed by atoms with Gasteiger partial charge in [-0.25, -0.2) is 8.42 Å². The molecule has 9 nitrogen and oxygen atoms in total. The molecule has 2 aromatic rings. The summed E-state index contributed by atoms with van der Waals surface area (Å²) >= 11 is 0. The van der Waals surface area contributed by atoms with Gasteiger partial charge in [-0.15, -0.1) is 0 Å². The lowest BCUT2D eigenvalue weighted by molar-refractivity contribution is 0.379. The highest BCUT2D eigenvalue weighted by atomic mass is 32.2. The highest BCUT2D eigenvalue weighted by Crippen LogP contribution is 2.33. The summed E-state index contributed by atoms with van der Waals surface area (Å²) in [4.78, 5) is 17.1. The quantitative estimate of drug-likeness (QED) is 0.715. The Morgan fingerprint density at radius 1 is 1.33 bits per heavy atom. The van der Waals surface area contributed by atoms with Gasteiger partial charge in [-0.2, -0.15) is 5.26 Å². The van der Waals surface area contributed by atoms with Crippen LogP contribution in [0.4, 0.5) is 5.69 Å². The maximum atomic E-state index is 12.7. The summed E-state index contributed by atoms with van der Waals surface area (Å²) in [6.45, 7) is 1.53. The fraction of sp³-hybridized carbons (Fsp3) is 0.350. The highest BCUT2D eigenvalue weighted by Gasteiger charge is 2.33. The van der Waals surface area contributed by atoms with Crippen LogP contribution in [0.1, 0.15) is 29.2 Å². The number of aromatic hydroxyl groups is 1. The lowest BCUT2D eigenvalue weighted by Crippen LogP contribution is -2.29. The molecule has 158 valence electrons. The number of nitriles is 1. The first kappa shape index (κ1) is 21.4. The van der Waals surface area contributed by atoms with E-state index in [2.05, 4.69) is 4.99 Å². The molecule has 0 bridgehead atoms. The van der Waals surface area contributed by atoms with Crippen molar-refractivity contribution in [3.8, 4) is 23.4 Å². The van der Waals surface area contributed by atoms with Crippen LogP contribution < -0.4 is 15.0 Å². The SMILES string of the molecule is COc1ccc(N=Cc2c(C)c(C#N)c(=O)n(C3CCS(=O)(=O)C3)c2O)c(OC)c1. The van der Waals surface area contributed by atoms with E-state index in [0.29, 0.717) is 17.2 Å². The molecule has 30 heavy (non-hydrogen) atoms. The van der Waals surface area contributed by atoms with Gasteiger partial charge in [0.25, 0.3) is 5.56 Å². The van der Waals surface area contributed by atoms with E-state index in [4.69, 9.17) is 9.47 Å². The molecule has 0 radical (unpaired) electrons. The molecule has 0 spiro atoms. The maximum absolute atomic E-state index is 12.7. The Balaban J connectivity index is 2.14. The molecule has 1 aliphatic rings. The molecule has 0 saturated carbocycles. The van der Waals surface area contributed by atoms with Gasteiger partial charge in [0.15, 0.2) is 9.84 Å². The third kappa shape index (κ3) is 3.89. The minimum Gasteiger partial charge on any atom is -0.497 e. The van der Waals surface area contributed by atoms with E-state index in [0.717, 1.165) is 4.57 Å². The van der Waals surface area contributed by atoms with Crippen molar-refractivity contribution in [2.24, 2.45) is 4.99 Å². The Labute approximate surface area is 173 Å². The Hall–Kier alpha value is -3.32. The van der Waals surface area contributed by atoms with Gasteiger partial charge in [0, 0.05) is 12.3 Å². The molecule has 3 rings (SSSR count). The van der Waals surface area contributed by atoms with E-state index in [1.54, 1.807) is 18.2 Å². The molecular formula is C20H21N3O6S. The van der Waals surface area contributed by atoms with Gasteiger partial charge in [0.05, 0.1) is 37.3 Å². The predicted octanol–water partition coefficient (Wildman–Crippen LogP) is 1.86. The summed E-state index contributed by atoms with van der Waals surface area (Å²) in [6, 6.07) is 6.11. The second kappa shape index (κ2) is 8.20. The van der Waals surface area contributed by atoms with Gasteiger partial charge in [-0.3, -0.25) is 14.4 Å². The van der Waals surface area contributed by atoms with E-state index < -0.39 is 27.3 Å². The fourth-order valence-corrected chi connectivity index (χ4v) is 5.14. The molecule has 10 heteroatoms. The lowest BCUT2D eigenvalue weighted by atomic mass is 10.0. The van der Waals surface area contributed by atoms with Crippen LogP contribution in [0.3, 0.4) is 0 Å². The number of hydrogen-bond donors (Lipinski definition) is 1. The topological polar surface area (TPSA) is 131 Å². The largest absolute Gasteiger partial charge is 0.497 e. The molecule has 2 heterocycles. The summed E-state index contributed by atoms with van der Waals surface area (Å²) in [5, 5.41) is 20.3. The van der Waals surface area contributed by atoms with Crippen molar-refractivity contribution in [1.82, 2.24) is 4.57 Å². The van der Waals surface area contributed by atoms with Gasteiger partial charge in [-0.05, 0) is 31.0 Å². The van der Waals surface area contributed by atoms with Crippen LogP contribution in [0.5, 0.6) is 17.4 Å². The zero-order valence-corrected chi connectivity index (χ0v) is 17.6. The fourth-order valence-electron chi connectivity index (χ4n) is 3.44. The summed E-state index contributed by atoms with van der Waals surface area (Å²) in [5.41, 5.74) is -0.0209. The van der Waals surface area contributed by atoms with Gasteiger partial charge in [-0.1, -0.05) is 0 Å². The van der Waals surface area contributed by atoms with E-state index >= 15 is 0 Å². The van der Waals surface area contributed by atoms with Gasteiger partial charge in [0.2, 0.25) is 5.88 Å². The molecule has 1 fully saturated rings. The van der Waals surface area contributed by atoms with Crippen LogP contribution in [0.2, 0.25) is 0 Å². The predicted molar refractivity (Wildman–Crippen MR) is 111 cm³/mol. The molecule has 1 aromatic heterocycles. The molecule has 1 atom stereocenters. The lowest BCUT2D eigenvalue weighted by Gasteiger charge is -2.18. The van der Waals surface area contributed by atoms with Crippen molar-refractivity contribution < 1.29 is 23.0 Å². The molecule has 1 saturated heterocycles. The Bertz CT molecular complexity index is 1220. The number of nitrogens with zero attached hydrogens (tertiary/aromatic N) is 3. The second-order valence-corrected chi connectivity index (χ2v) is 9.11. The van der Waals surface area contributed by atoms with Crippen molar-refractivity contribution in [2.45, 2.75) is 19.4 Å². The molecular weight excluding hydrogens is 410 g/mol. The number of benzene rings is 1. The number of hydrogen-bond acceptors (Lipinski definition) is 8. The van der Waals surface area contributed by atoms with Crippen LogP contribution in [-0.2, 0) is 9.84 Å². The highest BCUT2D eigenvalue weighted by molar-refractivity contribution is 7.91. The number of rotatable bonds is 5. The van der Waals surface area contributed by atoms with E-state index in [1.807, 2.05) is 6.07 Å². The molecule has 1 unspecified atom stereocenters. The van der Waals surface area contributed by atoms with Crippen LogP contribution >= 0.6 is 0 Å². The summed E-state index contributed by atoms with van der Waals surface area (Å²) in [5.74, 6) is 0.240. The number of ether oxygens (including phenoxy) is 2. The molecule has 1 aliphatic heterocycles. The van der Waals surface area contributed by atoms with Gasteiger partial charge < -0.3 is 14.6 Å². The van der Waals surface area contributed by atoms with Crippen LogP contribution in [0.25, 0.3) is 0 Å². The molecule has 0 aliphatic carbocycles. The number of pyridine rings is 1. The van der Waals surface area contributed by atoms with Crippen molar-refractivity contribution >= 4 is 21.7 Å². The molecule has 0 amide bonds. The first-order valence-corrected chi connectivity index (χ1v) is 10.9. The summed E-state index contributed by atoms with van der Waals surface area (Å²) < 4.78 is 35.2. The van der Waals surface area contributed by atoms with Gasteiger partial charge in [0.1, 0.15) is 28.8 Å². The van der Waals surface area contributed by atoms with Gasteiger partial charge >= 0.3 is 0 Å². The molecule has 1 N–H and O–H groups in total. The molecule has 1 aromatic carbocycles. The Morgan fingerprint density at radius 3 is 2.63 bits per heavy atom.